The monoisotopic (exact) mass is 409 g/mol. The Hall–Kier alpha value is -2.90. The van der Waals surface area contributed by atoms with Crippen LogP contribution in [0.1, 0.15) is 31.4 Å². The van der Waals surface area contributed by atoms with Crippen LogP contribution < -0.4 is 0 Å². The summed E-state index contributed by atoms with van der Waals surface area (Å²) >= 11 is 0. The average Bonchev–Trinajstić information content (AvgIpc) is 3.10. The number of fused-ring (bicyclic) bond motifs is 4. The predicted molar refractivity (Wildman–Crippen MR) is 108 cm³/mol. The molecule has 3 heterocycles. The van der Waals surface area contributed by atoms with Crippen LogP contribution in [0.4, 0.5) is 4.39 Å². The van der Waals surface area contributed by atoms with Crippen LogP contribution in [0, 0.1) is 29.5 Å². The number of rotatable bonds is 4. The van der Waals surface area contributed by atoms with Crippen LogP contribution in [0.3, 0.4) is 0 Å². The highest BCUT2D eigenvalue weighted by Crippen LogP contribution is 2.50. The predicted octanol–water partition coefficient (Wildman–Crippen LogP) is 3.33. The van der Waals surface area contributed by atoms with Gasteiger partial charge in [-0.25, -0.2) is 19.0 Å². The molecule has 1 unspecified atom stereocenters. The Bertz CT molecular complexity index is 1110. The van der Waals surface area contributed by atoms with Crippen molar-refractivity contribution in [3.8, 4) is 11.4 Å². The first kappa shape index (κ1) is 19.1. The highest BCUT2D eigenvalue weighted by molar-refractivity contribution is 5.89. The Kier molecular flexibility index (Phi) is 4.72. The van der Waals surface area contributed by atoms with E-state index in [-0.39, 0.29) is 17.8 Å². The van der Waals surface area contributed by atoms with Crippen molar-refractivity contribution < 1.29 is 13.9 Å². The maximum absolute atomic E-state index is 13.8. The van der Waals surface area contributed by atoms with Crippen molar-refractivity contribution in [2.24, 2.45) is 30.7 Å². The average molecular weight is 409 g/mol. The maximum Gasteiger partial charge on any atom is 0.309 e. The van der Waals surface area contributed by atoms with Crippen molar-refractivity contribution in [2.75, 3.05) is 7.11 Å². The molecular formula is C22H24FN5O2. The molecule has 0 N–H and O–H groups in total. The lowest BCUT2D eigenvalue weighted by Crippen LogP contribution is -2.45. The zero-order chi connectivity index (χ0) is 20.8. The molecule has 3 aliphatic rings. The summed E-state index contributed by atoms with van der Waals surface area (Å²) in [5, 5.41) is 5.10. The van der Waals surface area contributed by atoms with Crippen LogP contribution in [-0.2, 0) is 23.0 Å². The molecule has 7 nitrogen and oxygen atoms in total. The van der Waals surface area contributed by atoms with Crippen LogP contribution in [0.2, 0.25) is 0 Å². The molecule has 156 valence electrons. The summed E-state index contributed by atoms with van der Waals surface area (Å²) in [6.45, 7) is 0. The van der Waals surface area contributed by atoms with E-state index in [2.05, 4.69) is 15.1 Å². The van der Waals surface area contributed by atoms with E-state index in [1.165, 1.54) is 19.4 Å². The first-order chi connectivity index (χ1) is 14.5. The van der Waals surface area contributed by atoms with Crippen molar-refractivity contribution in [1.29, 1.82) is 0 Å². The van der Waals surface area contributed by atoms with Gasteiger partial charge in [0.05, 0.1) is 36.5 Å². The fourth-order valence-electron chi connectivity index (χ4n) is 5.54. The highest BCUT2D eigenvalue weighted by atomic mass is 19.1. The van der Waals surface area contributed by atoms with Gasteiger partial charge >= 0.3 is 5.97 Å². The number of aromatic nitrogens is 5. The first-order valence-electron chi connectivity index (χ1n) is 10.4. The Morgan fingerprint density at radius 3 is 2.73 bits per heavy atom. The largest absolute Gasteiger partial charge is 0.469 e. The minimum atomic E-state index is -0.417. The number of ether oxygens (including phenoxy) is 1. The zero-order valence-electron chi connectivity index (χ0n) is 17.1. The molecule has 6 rings (SSSR count). The van der Waals surface area contributed by atoms with E-state index in [4.69, 9.17) is 9.72 Å². The Balaban J connectivity index is 1.49. The van der Waals surface area contributed by atoms with E-state index in [1.54, 1.807) is 24.1 Å². The number of nitrogens with zero attached hydrogens (tertiary/aromatic N) is 5. The Labute approximate surface area is 173 Å². The molecule has 0 spiro atoms. The number of hydrogen-bond acceptors (Lipinski definition) is 6. The minimum absolute atomic E-state index is 0.0677. The lowest BCUT2D eigenvalue weighted by Gasteiger charge is -2.47. The summed E-state index contributed by atoms with van der Waals surface area (Å²) in [7, 11) is 3.25. The van der Waals surface area contributed by atoms with E-state index in [9.17, 15) is 9.18 Å². The molecule has 30 heavy (non-hydrogen) atoms. The molecule has 3 aliphatic carbocycles. The third kappa shape index (κ3) is 3.14. The fraction of sp³-hybridized carbons (Fsp3) is 0.500. The lowest BCUT2D eigenvalue weighted by molar-refractivity contribution is -0.156. The number of carbonyl (C=O) groups excluding carboxylic acids is 1. The second-order valence-electron chi connectivity index (χ2n) is 8.48. The molecule has 0 amide bonds. The van der Waals surface area contributed by atoms with Crippen molar-refractivity contribution in [1.82, 2.24) is 24.7 Å². The number of hydrogen-bond donors (Lipinski definition) is 0. The Morgan fingerprint density at radius 2 is 1.97 bits per heavy atom. The van der Waals surface area contributed by atoms with Gasteiger partial charge in [-0.1, -0.05) is 0 Å². The summed E-state index contributed by atoms with van der Waals surface area (Å²) in [6.07, 6.45) is 9.78. The summed E-state index contributed by atoms with van der Waals surface area (Å²) in [5.41, 5.74) is 2.56. The number of pyridine rings is 1. The third-order valence-corrected chi connectivity index (χ3v) is 6.88. The number of carbonyl (C=O) groups is 1. The number of aryl methyl sites for hydroxylation is 1. The van der Waals surface area contributed by atoms with Crippen LogP contribution in [0.15, 0.2) is 24.7 Å². The fourth-order valence-corrected chi connectivity index (χ4v) is 5.54. The number of esters is 1. The number of methoxy groups -OCH3 is 1. The van der Waals surface area contributed by atoms with Gasteiger partial charge in [0.25, 0.3) is 0 Å². The van der Waals surface area contributed by atoms with E-state index in [1.807, 2.05) is 0 Å². The van der Waals surface area contributed by atoms with Crippen LogP contribution in [-0.4, -0.2) is 37.8 Å². The second kappa shape index (κ2) is 7.41. The SMILES string of the molecule is COC(=O)[C@@H]1C2CCC(CC2)C1Cc1cncc(-c2nn(C)c3ncc(F)cc23)n1. The van der Waals surface area contributed by atoms with Gasteiger partial charge in [-0.05, 0) is 55.9 Å². The van der Waals surface area contributed by atoms with E-state index >= 15 is 0 Å². The standard InChI is InChI=1S/C22H24FN5O2/c1-28-21-17(7-14(23)9-25-21)20(27-28)18-11-24-10-15(26-18)8-16-12-3-5-13(6-4-12)19(16)22(29)30-2/h7,9-13,16,19H,3-6,8H2,1-2H3/t12?,13?,16?,19-/m1/s1. The molecule has 8 heteroatoms. The van der Waals surface area contributed by atoms with E-state index in [0.29, 0.717) is 40.7 Å². The van der Waals surface area contributed by atoms with Gasteiger partial charge < -0.3 is 4.74 Å². The molecule has 0 aromatic carbocycles. The molecule has 3 fully saturated rings. The van der Waals surface area contributed by atoms with E-state index < -0.39 is 5.82 Å². The highest BCUT2D eigenvalue weighted by Gasteiger charge is 2.47. The molecule has 2 atom stereocenters. The molecule has 3 aromatic heterocycles. The molecule has 0 radical (unpaired) electrons. The Morgan fingerprint density at radius 1 is 1.20 bits per heavy atom. The van der Waals surface area contributed by atoms with Gasteiger partial charge in [0.15, 0.2) is 5.65 Å². The molecular weight excluding hydrogens is 385 g/mol. The van der Waals surface area contributed by atoms with Crippen LogP contribution >= 0.6 is 0 Å². The minimum Gasteiger partial charge on any atom is -0.469 e. The number of halogens is 1. The van der Waals surface area contributed by atoms with Crippen LogP contribution in [0.25, 0.3) is 22.4 Å². The topological polar surface area (TPSA) is 82.8 Å². The molecule has 0 aliphatic heterocycles. The van der Waals surface area contributed by atoms with Gasteiger partial charge in [0.1, 0.15) is 17.2 Å². The van der Waals surface area contributed by atoms with Crippen molar-refractivity contribution in [2.45, 2.75) is 32.1 Å². The lowest BCUT2D eigenvalue weighted by atomic mass is 9.57. The summed E-state index contributed by atoms with van der Waals surface area (Å²) in [5.74, 6) is 0.544. The van der Waals surface area contributed by atoms with Gasteiger partial charge in [-0.2, -0.15) is 5.10 Å². The summed E-state index contributed by atoms with van der Waals surface area (Å²) in [4.78, 5) is 25.8. The molecule has 2 bridgehead atoms. The van der Waals surface area contributed by atoms with Gasteiger partial charge in [-0.15, -0.1) is 0 Å². The van der Waals surface area contributed by atoms with Gasteiger partial charge in [0.2, 0.25) is 0 Å². The van der Waals surface area contributed by atoms with Crippen molar-refractivity contribution in [3.05, 3.63) is 36.2 Å². The van der Waals surface area contributed by atoms with Gasteiger partial charge in [0, 0.05) is 13.2 Å². The zero-order valence-corrected chi connectivity index (χ0v) is 17.1. The van der Waals surface area contributed by atoms with Crippen molar-refractivity contribution >= 4 is 17.0 Å². The van der Waals surface area contributed by atoms with Crippen molar-refractivity contribution in [3.63, 3.8) is 0 Å². The molecule has 3 aromatic rings. The molecule has 0 saturated heterocycles. The first-order valence-corrected chi connectivity index (χ1v) is 10.4. The quantitative estimate of drug-likeness (QED) is 0.615. The van der Waals surface area contributed by atoms with Crippen LogP contribution in [0.5, 0.6) is 0 Å². The third-order valence-electron chi connectivity index (χ3n) is 6.88. The van der Waals surface area contributed by atoms with Gasteiger partial charge in [-0.3, -0.25) is 9.78 Å². The summed E-state index contributed by atoms with van der Waals surface area (Å²) in [6, 6.07) is 1.42. The second-order valence-corrected chi connectivity index (χ2v) is 8.48. The normalized spacial score (nSPS) is 25.6. The summed E-state index contributed by atoms with van der Waals surface area (Å²) < 4.78 is 20.5. The molecule has 3 saturated carbocycles. The maximum atomic E-state index is 13.8. The smallest absolute Gasteiger partial charge is 0.309 e. The van der Waals surface area contributed by atoms with E-state index in [0.717, 1.165) is 31.4 Å².